The van der Waals surface area contributed by atoms with Crippen LogP contribution in [0, 0.1) is 19.7 Å². The van der Waals surface area contributed by atoms with Crippen molar-refractivity contribution in [1.82, 2.24) is 30.2 Å². The van der Waals surface area contributed by atoms with E-state index in [0.717, 1.165) is 0 Å². The van der Waals surface area contributed by atoms with E-state index in [1.807, 2.05) is 0 Å². The number of rotatable bonds is 6. The Morgan fingerprint density at radius 3 is 2.58 bits per heavy atom. The fourth-order valence-electron chi connectivity index (χ4n) is 3.44. The molecule has 0 radical (unpaired) electrons. The number of nitrogens with one attached hydrogen (secondary N) is 2. The number of nitrogens with zero attached hydrogens (tertiary/aromatic N) is 4. The van der Waals surface area contributed by atoms with Gasteiger partial charge in [-0.1, -0.05) is 18.2 Å². The van der Waals surface area contributed by atoms with Gasteiger partial charge in [0.05, 0.1) is 23.0 Å². The minimum atomic E-state index is -0.579. The smallest absolute Gasteiger partial charge is 0.255 e. The minimum Gasteiger partial charge on any atom is -0.345 e. The molecule has 0 fully saturated rings. The zero-order valence-electron chi connectivity index (χ0n) is 18.0. The molecule has 0 bridgehead atoms. The first-order chi connectivity index (χ1) is 15.9. The molecule has 0 aliphatic rings. The van der Waals surface area contributed by atoms with Crippen molar-refractivity contribution in [3.63, 3.8) is 0 Å². The molecule has 9 heteroatoms. The lowest BCUT2D eigenvalue weighted by molar-refractivity contribution is 0.0935. The number of aromatic nitrogens is 5. The van der Waals surface area contributed by atoms with Gasteiger partial charge in [0.1, 0.15) is 17.3 Å². The van der Waals surface area contributed by atoms with Crippen molar-refractivity contribution in [2.75, 3.05) is 0 Å². The summed E-state index contributed by atoms with van der Waals surface area (Å²) < 4.78 is 13.5. The van der Waals surface area contributed by atoms with Crippen LogP contribution in [0.2, 0.25) is 0 Å². The molecule has 4 rings (SSSR count). The highest BCUT2D eigenvalue weighted by Crippen LogP contribution is 2.20. The maximum atomic E-state index is 13.5. The molecular formula is C24H21FN6O2. The second-order valence-electron chi connectivity index (χ2n) is 7.50. The topological polar surface area (TPSA) is 114 Å². The van der Waals surface area contributed by atoms with Crippen molar-refractivity contribution in [1.29, 1.82) is 0 Å². The number of H-pyrrole nitrogens is 1. The summed E-state index contributed by atoms with van der Waals surface area (Å²) in [6.45, 7) is 3.47. The van der Waals surface area contributed by atoms with Gasteiger partial charge in [-0.25, -0.2) is 19.3 Å². The number of carbonyl (C=O) groups is 1. The van der Waals surface area contributed by atoms with E-state index in [1.54, 1.807) is 50.4 Å². The minimum absolute atomic E-state index is 0.201. The lowest BCUT2D eigenvalue weighted by Gasteiger charge is -2.20. The van der Waals surface area contributed by atoms with Gasteiger partial charge in [-0.05, 0) is 43.7 Å². The number of pyridine rings is 1. The predicted octanol–water partition coefficient (Wildman–Crippen LogP) is 3.09. The molecule has 3 aromatic heterocycles. The Hall–Kier alpha value is -4.27. The first-order valence-electron chi connectivity index (χ1n) is 10.3. The Morgan fingerprint density at radius 1 is 1.09 bits per heavy atom. The summed E-state index contributed by atoms with van der Waals surface area (Å²) >= 11 is 0. The molecule has 0 aliphatic heterocycles. The van der Waals surface area contributed by atoms with Crippen LogP contribution in [0.3, 0.4) is 0 Å². The van der Waals surface area contributed by atoms with Crippen LogP contribution in [-0.2, 0) is 6.42 Å². The highest BCUT2D eigenvalue weighted by Gasteiger charge is 2.20. The second-order valence-corrected chi connectivity index (χ2v) is 7.50. The van der Waals surface area contributed by atoms with Gasteiger partial charge in [0.15, 0.2) is 5.82 Å². The molecule has 1 aromatic carbocycles. The molecule has 0 spiro atoms. The number of amides is 1. The molecule has 0 aliphatic carbocycles. The fraction of sp³-hybridized carbons (Fsp3) is 0.167. The lowest BCUT2D eigenvalue weighted by Crippen LogP contribution is -2.31. The molecule has 0 unspecified atom stereocenters. The van der Waals surface area contributed by atoms with Crippen LogP contribution < -0.4 is 10.9 Å². The number of hydrogen-bond donors (Lipinski definition) is 2. The van der Waals surface area contributed by atoms with Crippen LogP contribution in [0.5, 0.6) is 0 Å². The number of halogens is 1. The van der Waals surface area contributed by atoms with Gasteiger partial charge >= 0.3 is 0 Å². The summed E-state index contributed by atoms with van der Waals surface area (Å²) in [5.41, 5.74) is 2.17. The van der Waals surface area contributed by atoms with Gasteiger partial charge in [0, 0.05) is 24.9 Å². The van der Waals surface area contributed by atoms with Gasteiger partial charge in [-0.2, -0.15) is 0 Å². The van der Waals surface area contributed by atoms with E-state index in [0.29, 0.717) is 39.9 Å². The Bertz CT molecular complexity index is 1340. The van der Waals surface area contributed by atoms with Crippen molar-refractivity contribution in [3.05, 3.63) is 105 Å². The van der Waals surface area contributed by atoms with E-state index >= 15 is 0 Å². The van der Waals surface area contributed by atoms with Crippen molar-refractivity contribution in [2.24, 2.45) is 0 Å². The van der Waals surface area contributed by atoms with E-state index in [4.69, 9.17) is 0 Å². The molecule has 8 nitrogen and oxygen atoms in total. The average molecular weight is 444 g/mol. The summed E-state index contributed by atoms with van der Waals surface area (Å²) in [4.78, 5) is 45.1. The van der Waals surface area contributed by atoms with Gasteiger partial charge in [-0.15, -0.1) is 0 Å². The quantitative estimate of drug-likeness (QED) is 0.472. The van der Waals surface area contributed by atoms with Crippen LogP contribution in [0.25, 0.3) is 11.5 Å². The zero-order valence-corrected chi connectivity index (χ0v) is 18.0. The first kappa shape index (κ1) is 21.9. The Labute approximate surface area is 189 Å². The lowest BCUT2D eigenvalue weighted by atomic mass is 10.0. The molecule has 1 atom stereocenters. The maximum absolute atomic E-state index is 13.5. The largest absolute Gasteiger partial charge is 0.345 e. The normalized spacial score (nSPS) is 11.7. The second kappa shape index (κ2) is 9.47. The number of aromatic amines is 1. The van der Waals surface area contributed by atoms with Crippen LogP contribution in [0.15, 0.2) is 65.7 Å². The van der Waals surface area contributed by atoms with Crippen LogP contribution in [0.4, 0.5) is 4.39 Å². The summed E-state index contributed by atoms with van der Waals surface area (Å²) in [7, 11) is 0. The molecule has 33 heavy (non-hydrogen) atoms. The molecule has 4 aromatic rings. The fourth-order valence-corrected chi connectivity index (χ4v) is 3.44. The third-order valence-electron chi connectivity index (χ3n) is 5.04. The predicted molar refractivity (Wildman–Crippen MR) is 120 cm³/mol. The van der Waals surface area contributed by atoms with Gasteiger partial charge in [0.25, 0.3) is 11.5 Å². The van der Waals surface area contributed by atoms with E-state index in [-0.39, 0.29) is 17.9 Å². The molecule has 1 amide bonds. The molecule has 0 saturated heterocycles. The third-order valence-corrected chi connectivity index (χ3v) is 5.04. The monoisotopic (exact) mass is 444 g/mol. The molecule has 166 valence electrons. The molecule has 2 N–H and O–H groups in total. The van der Waals surface area contributed by atoms with E-state index in [9.17, 15) is 14.0 Å². The van der Waals surface area contributed by atoms with E-state index < -0.39 is 11.9 Å². The number of hydrogen-bond acceptors (Lipinski definition) is 6. The highest BCUT2D eigenvalue weighted by molar-refractivity contribution is 5.95. The zero-order chi connectivity index (χ0) is 23.4. The number of benzene rings is 1. The summed E-state index contributed by atoms with van der Waals surface area (Å²) in [5.74, 6) is 0.119. The van der Waals surface area contributed by atoms with Gasteiger partial charge in [-0.3, -0.25) is 14.6 Å². The summed E-state index contributed by atoms with van der Waals surface area (Å²) in [6, 6.07) is 11.9. The highest BCUT2D eigenvalue weighted by atomic mass is 19.1. The van der Waals surface area contributed by atoms with Crippen LogP contribution in [0.1, 0.15) is 39.2 Å². The van der Waals surface area contributed by atoms with Crippen LogP contribution >= 0.6 is 0 Å². The number of carbonyl (C=O) groups excluding carboxylic acids is 1. The SMILES string of the molecule is Cc1ncc(C(=O)N[C@@H](Cc2cc(=O)[nH]c(-c3ccccn3)n2)c2ccc(F)cc2)c(C)n1. The maximum Gasteiger partial charge on any atom is 0.255 e. The third kappa shape index (κ3) is 5.32. The standard InChI is InChI=1S/C24H21FN6O2/c1-14-19(13-27-15(2)28-14)24(33)30-21(16-6-8-17(25)9-7-16)11-18-12-22(32)31-23(29-18)20-5-3-4-10-26-20/h3-10,12-13,21H,11H2,1-2H3,(H,30,33)(H,29,31,32)/t21-/m0/s1. The van der Waals surface area contributed by atoms with Crippen molar-refractivity contribution < 1.29 is 9.18 Å². The van der Waals surface area contributed by atoms with Crippen molar-refractivity contribution >= 4 is 5.91 Å². The van der Waals surface area contributed by atoms with Crippen LogP contribution in [-0.4, -0.2) is 30.8 Å². The molecule has 3 heterocycles. The summed E-state index contributed by atoms with van der Waals surface area (Å²) in [6.07, 6.45) is 3.28. The van der Waals surface area contributed by atoms with E-state index in [2.05, 4.69) is 30.2 Å². The Kier molecular flexibility index (Phi) is 6.30. The first-order valence-corrected chi connectivity index (χ1v) is 10.3. The number of aryl methyl sites for hydroxylation is 2. The Morgan fingerprint density at radius 2 is 1.88 bits per heavy atom. The van der Waals surface area contributed by atoms with E-state index in [1.165, 1.54) is 24.4 Å². The van der Waals surface area contributed by atoms with Gasteiger partial charge < -0.3 is 10.3 Å². The molecular weight excluding hydrogens is 423 g/mol. The molecule has 0 saturated carbocycles. The Balaban J connectivity index is 1.67. The average Bonchev–Trinajstić information content (AvgIpc) is 2.79. The summed E-state index contributed by atoms with van der Waals surface area (Å²) in [5, 5.41) is 2.95. The van der Waals surface area contributed by atoms with Crippen molar-refractivity contribution in [2.45, 2.75) is 26.3 Å². The van der Waals surface area contributed by atoms with Gasteiger partial charge in [0.2, 0.25) is 0 Å². The van der Waals surface area contributed by atoms with Crippen molar-refractivity contribution in [3.8, 4) is 11.5 Å².